The van der Waals surface area contributed by atoms with Crippen molar-refractivity contribution in [1.29, 1.82) is 0 Å². The maximum absolute atomic E-state index is 11.9. The maximum Gasteiger partial charge on any atom is 0.305 e. The molecule has 1 aromatic heterocycles. The summed E-state index contributed by atoms with van der Waals surface area (Å²) < 4.78 is 32.5. The van der Waals surface area contributed by atoms with Gasteiger partial charge in [0.05, 0.1) is 13.4 Å². The summed E-state index contributed by atoms with van der Waals surface area (Å²) in [5.41, 5.74) is 0. The topological polar surface area (TPSA) is 90.3 Å². The van der Waals surface area contributed by atoms with Gasteiger partial charge in [-0.2, -0.15) is 0 Å². The Kier molecular flexibility index (Phi) is 6.66. The first-order chi connectivity index (χ1) is 9.49. The van der Waals surface area contributed by atoms with Gasteiger partial charge in [-0.3, -0.25) is 4.79 Å². The van der Waals surface area contributed by atoms with Gasteiger partial charge in [0.25, 0.3) is 10.0 Å². The van der Waals surface area contributed by atoms with Crippen molar-refractivity contribution in [2.45, 2.75) is 44.2 Å². The molecule has 1 aromatic rings. The fourth-order valence-electron chi connectivity index (χ4n) is 1.60. The Morgan fingerprint density at radius 1 is 1.40 bits per heavy atom. The number of carbonyl (C=O) groups is 1. The summed E-state index contributed by atoms with van der Waals surface area (Å²) in [6, 6.07) is 0. The summed E-state index contributed by atoms with van der Waals surface area (Å²) in [5, 5.41) is 0.0360. The largest absolute Gasteiger partial charge is 0.469 e. The molecule has 0 aliphatic heterocycles. The van der Waals surface area contributed by atoms with E-state index in [0.717, 1.165) is 6.42 Å². The van der Waals surface area contributed by atoms with Crippen LogP contribution in [0, 0.1) is 0 Å². The lowest BCUT2D eigenvalue weighted by Crippen LogP contribution is -2.25. The summed E-state index contributed by atoms with van der Waals surface area (Å²) in [6.45, 7) is 2.92. The van der Waals surface area contributed by atoms with Crippen LogP contribution in [0.15, 0.2) is 17.6 Å². The summed E-state index contributed by atoms with van der Waals surface area (Å²) in [4.78, 5) is 14.7. The number of nitrogens with zero attached hydrogens (tertiary/aromatic N) is 2. The van der Waals surface area contributed by atoms with Crippen LogP contribution in [-0.4, -0.2) is 37.6 Å². The number of aromatic nitrogens is 2. The zero-order valence-electron chi connectivity index (χ0n) is 11.8. The van der Waals surface area contributed by atoms with Gasteiger partial charge >= 0.3 is 5.97 Å². The molecule has 0 aliphatic carbocycles. The fraction of sp³-hybridized carbons (Fsp3) is 0.667. The van der Waals surface area contributed by atoms with Crippen molar-refractivity contribution in [1.82, 2.24) is 14.3 Å². The van der Waals surface area contributed by atoms with Gasteiger partial charge in [0.1, 0.15) is 0 Å². The number of nitrogens with one attached hydrogen (secondary N) is 1. The maximum atomic E-state index is 11.9. The van der Waals surface area contributed by atoms with E-state index in [9.17, 15) is 13.2 Å². The molecule has 0 unspecified atom stereocenters. The van der Waals surface area contributed by atoms with Crippen molar-refractivity contribution in [3.05, 3.63) is 12.5 Å². The van der Waals surface area contributed by atoms with Crippen LogP contribution < -0.4 is 4.72 Å². The molecular formula is C12H21N3O4S. The number of hydrogen-bond donors (Lipinski definition) is 1. The third-order valence-corrected chi connectivity index (χ3v) is 4.17. The Morgan fingerprint density at radius 3 is 2.75 bits per heavy atom. The zero-order chi connectivity index (χ0) is 15.0. The smallest absolute Gasteiger partial charge is 0.305 e. The van der Waals surface area contributed by atoms with Crippen molar-refractivity contribution in [3.8, 4) is 0 Å². The summed E-state index contributed by atoms with van der Waals surface area (Å²) >= 11 is 0. The highest BCUT2D eigenvalue weighted by molar-refractivity contribution is 7.89. The Hall–Kier alpha value is -1.41. The van der Waals surface area contributed by atoms with Crippen LogP contribution in [0.4, 0.5) is 0 Å². The van der Waals surface area contributed by atoms with Gasteiger partial charge in [-0.05, 0) is 19.8 Å². The molecule has 0 saturated carbocycles. The van der Waals surface area contributed by atoms with Gasteiger partial charge in [0.15, 0.2) is 5.03 Å². The normalized spacial score (nSPS) is 11.5. The van der Waals surface area contributed by atoms with Crippen LogP contribution in [0.1, 0.15) is 32.6 Å². The second-order valence-electron chi connectivity index (χ2n) is 4.33. The van der Waals surface area contributed by atoms with Crippen LogP contribution >= 0.6 is 0 Å². The molecule has 0 bridgehead atoms. The Morgan fingerprint density at radius 2 is 2.15 bits per heavy atom. The van der Waals surface area contributed by atoms with E-state index in [-0.39, 0.29) is 11.0 Å². The molecule has 0 atom stereocenters. The van der Waals surface area contributed by atoms with Crippen LogP contribution in [-0.2, 0) is 26.1 Å². The Bertz CT molecular complexity index is 525. The molecule has 0 amide bonds. The van der Waals surface area contributed by atoms with E-state index in [1.807, 2.05) is 6.92 Å². The molecule has 20 heavy (non-hydrogen) atoms. The third-order valence-electron chi connectivity index (χ3n) is 2.83. The van der Waals surface area contributed by atoms with E-state index >= 15 is 0 Å². The molecule has 8 heteroatoms. The highest BCUT2D eigenvalue weighted by Gasteiger charge is 2.16. The lowest BCUT2D eigenvalue weighted by Gasteiger charge is -2.04. The van der Waals surface area contributed by atoms with E-state index in [0.29, 0.717) is 32.4 Å². The molecule has 1 rings (SSSR count). The van der Waals surface area contributed by atoms with Crippen molar-refractivity contribution in [2.75, 3.05) is 13.7 Å². The molecular weight excluding hydrogens is 282 g/mol. The molecule has 1 N–H and O–H groups in total. The molecule has 0 aliphatic rings. The lowest BCUT2D eigenvalue weighted by atomic mass is 10.2. The molecule has 0 saturated heterocycles. The van der Waals surface area contributed by atoms with E-state index in [4.69, 9.17) is 0 Å². The van der Waals surface area contributed by atoms with Crippen molar-refractivity contribution in [2.24, 2.45) is 0 Å². The summed E-state index contributed by atoms with van der Waals surface area (Å²) in [5.74, 6) is -0.240. The second kappa shape index (κ2) is 8.01. The first kappa shape index (κ1) is 16.6. The fourth-order valence-corrected chi connectivity index (χ4v) is 2.63. The monoisotopic (exact) mass is 303 g/mol. The van der Waals surface area contributed by atoms with E-state index < -0.39 is 10.0 Å². The number of aryl methyl sites for hydroxylation is 1. The average molecular weight is 303 g/mol. The average Bonchev–Trinajstić information content (AvgIpc) is 2.92. The minimum atomic E-state index is -3.53. The van der Waals surface area contributed by atoms with Gasteiger partial charge in [0.2, 0.25) is 0 Å². The molecule has 1 heterocycles. The predicted octanol–water partition coefficient (Wildman–Crippen LogP) is 0.915. The predicted molar refractivity (Wildman–Crippen MR) is 73.6 cm³/mol. The van der Waals surface area contributed by atoms with Crippen molar-refractivity contribution in [3.63, 3.8) is 0 Å². The molecule has 0 radical (unpaired) electrons. The number of esters is 1. The van der Waals surface area contributed by atoms with Gasteiger partial charge in [-0.25, -0.2) is 18.1 Å². The number of unbranched alkanes of at least 4 members (excludes halogenated alkanes) is 2. The summed E-state index contributed by atoms with van der Waals surface area (Å²) in [6.07, 6.45) is 5.49. The first-order valence-corrected chi connectivity index (χ1v) is 8.06. The number of methoxy groups -OCH3 is 1. The molecule has 114 valence electrons. The van der Waals surface area contributed by atoms with Crippen LogP contribution in [0.25, 0.3) is 0 Å². The second-order valence-corrected chi connectivity index (χ2v) is 6.04. The van der Waals surface area contributed by atoms with E-state index in [1.165, 1.54) is 19.6 Å². The molecule has 0 aromatic carbocycles. The van der Waals surface area contributed by atoms with Crippen LogP contribution in [0.5, 0.6) is 0 Å². The van der Waals surface area contributed by atoms with Gasteiger partial charge < -0.3 is 9.30 Å². The Labute approximate surface area is 119 Å². The Balaban J connectivity index is 2.28. The standard InChI is InChI=1S/C12H21N3O4S/c1-3-15-9-11(13-10-15)20(17,18)14-8-6-4-5-7-12(16)19-2/h9-10,14H,3-8H2,1-2H3. The molecule has 0 fully saturated rings. The van der Waals surface area contributed by atoms with Crippen molar-refractivity contribution < 1.29 is 17.9 Å². The van der Waals surface area contributed by atoms with E-state index in [1.54, 1.807) is 4.57 Å². The highest BCUT2D eigenvalue weighted by atomic mass is 32.2. The van der Waals surface area contributed by atoms with E-state index in [2.05, 4.69) is 14.4 Å². The number of rotatable bonds is 9. The number of hydrogen-bond acceptors (Lipinski definition) is 5. The minimum Gasteiger partial charge on any atom is -0.469 e. The number of sulfonamides is 1. The molecule has 0 spiro atoms. The highest BCUT2D eigenvalue weighted by Crippen LogP contribution is 2.06. The molecule has 7 nitrogen and oxygen atoms in total. The van der Waals surface area contributed by atoms with Gasteiger partial charge in [-0.1, -0.05) is 6.42 Å². The van der Waals surface area contributed by atoms with Gasteiger partial charge in [0, 0.05) is 25.7 Å². The zero-order valence-corrected chi connectivity index (χ0v) is 12.6. The SMILES string of the molecule is CCn1cnc(S(=O)(=O)NCCCCCC(=O)OC)c1. The minimum absolute atomic E-state index is 0.0360. The van der Waals surface area contributed by atoms with Crippen molar-refractivity contribution >= 4 is 16.0 Å². The number of imidazole rings is 1. The van der Waals surface area contributed by atoms with Crippen LogP contribution in [0.2, 0.25) is 0 Å². The first-order valence-electron chi connectivity index (χ1n) is 6.58. The summed E-state index contributed by atoms with van der Waals surface area (Å²) in [7, 11) is -2.18. The quantitative estimate of drug-likeness (QED) is 0.541. The van der Waals surface area contributed by atoms with Crippen LogP contribution in [0.3, 0.4) is 0 Å². The third kappa shape index (κ3) is 5.30. The lowest BCUT2D eigenvalue weighted by molar-refractivity contribution is -0.140. The van der Waals surface area contributed by atoms with Gasteiger partial charge in [-0.15, -0.1) is 0 Å². The number of carbonyl (C=O) groups excluding carboxylic acids is 1. The number of ether oxygens (including phenoxy) is 1.